The molecule has 0 aromatic carbocycles. The fourth-order valence-electron chi connectivity index (χ4n) is 2.41. The van der Waals surface area contributed by atoms with Crippen LogP contribution in [0.1, 0.15) is 39.2 Å². The molecule has 0 spiro atoms. The topological polar surface area (TPSA) is 40.5 Å². The maximum Gasteiger partial charge on any atom is 0.495 e. The van der Waals surface area contributed by atoms with Gasteiger partial charge in [0, 0.05) is 18.3 Å². The molecule has 5 heteroatoms. The molecule has 1 aromatic heterocycles. The minimum absolute atomic E-state index is 0.0701. The fraction of sp³-hybridized carbons (Fsp3) is 0.615. The van der Waals surface area contributed by atoms with Crippen molar-refractivity contribution in [1.29, 1.82) is 0 Å². The Morgan fingerprint density at radius 3 is 2.72 bits per heavy atom. The van der Waals surface area contributed by atoms with Gasteiger partial charge in [0.05, 0.1) is 12.2 Å². The zero-order valence-electron chi connectivity index (χ0n) is 10.9. The molecule has 3 rings (SSSR count). The van der Waals surface area contributed by atoms with Gasteiger partial charge in [0.15, 0.2) is 0 Å². The van der Waals surface area contributed by atoms with Gasteiger partial charge in [-0.3, -0.25) is 4.79 Å². The second kappa shape index (κ2) is 4.25. The summed E-state index contributed by atoms with van der Waals surface area (Å²) >= 11 is 0. The van der Waals surface area contributed by atoms with E-state index in [0.717, 1.165) is 18.3 Å². The Hall–Kier alpha value is -1.07. The van der Waals surface area contributed by atoms with E-state index in [0.29, 0.717) is 12.6 Å². The van der Waals surface area contributed by atoms with Crippen molar-refractivity contribution in [2.45, 2.75) is 44.8 Å². The molecule has 0 radical (unpaired) electrons. The third-order valence-corrected chi connectivity index (χ3v) is 3.71. The lowest BCUT2D eigenvalue weighted by Crippen LogP contribution is -2.39. The predicted octanol–water partition coefficient (Wildman–Crippen LogP) is 1.09. The number of pyridine rings is 1. The molecule has 1 saturated carbocycles. The number of nitrogens with zero attached hydrogens (tertiary/aromatic N) is 1. The lowest BCUT2D eigenvalue weighted by Gasteiger charge is -2.28. The molecule has 0 unspecified atom stereocenters. The van der Waals surface area contributed by atoms with E-state index in [1.54, 1.807) is 6.07 Å². The predicted molar refractivity (Wildman–Crippen MR) is 70.1 cm³/mol. The van der Waals surface area contributed by atoms with Crippen LogP contribution in [0.3, 0.4) is 0 Å². The summed E-state index contributed by atoms with van der Waals surface area (Å²) in [5, 5.41) is 0. The Bertz CT molecular complexity index is 507. The highest BCUT2D eigenvalue weighted by molar-refractivity contribution is 6.61. The van der Waals surface area contributed by atoms with Crippen LogP contribution in [0.2, 0.25) is 0 Å². The van der Waals surface area contributed by atoms with Crippen molar-refractivity contribution in [2.75, 3.05) is 6.61 Å². The van der Waals surface area contributed by atoms with E-state index >= 15 is 0 Å². The second-order valence-corrected chi connectivity index (χ2v) is 5.81. The Kier molecular flexibility index (Phi) is 2.83. The van der Waals surface area contributed by atoms with Gasteiger partial charge in [0.2, 0.25) is 0 Å². The molecule has 18 heavy (non-hydrogen) atoms. The normalized spacial score (nSPS) is 23.1. The maximum absolute atomic E-state index is 11.8. The monoisotopic (exact) mass is 247 g/mol. The van der Waals surface area contributed by atoms with E-state index < -0.39 is 0 Å². The SMILES string of the molecule is CC1(C)COB(c2ccc(=O)n(C3CCC3)c2)O1. The van der Waals surface area contributed by atoms with Crippen LogP contribution in [0.25, 0.3) is 0 Å². The van der Waals surface area contributed by atoms with E-state index in [1.807, 2.05) is 30.7 Å². The van der Waals surface area contributed by atoms with Crippen LogP contribution in [0.15, 0.2) is 23.1 Å². The van der Waals surface area contributed by atoms with Gasteiger partial charge in [-0.25, -0.2) is 0 Å². The summed E-state index contributed by atoms with van der Waals surface area (Å²) in [4.78, 5) is 11.8. The molecule has 0 atom stereocenters. The number of rotatable bonds is 2. The van der Waals surface area contributed by atoms with Gasteiger partial charge in [-0.1, -0.05) is 6.07 Å². The molecule has 2 fully saturated rings. The largest absolute Gasteiger partial charge is 0.495 e. The van der Waals surface area contributed by atoms with Gasteiger partial charge in [0.25, 0.3) is 5.56 Å². The highest BCUT2D eigenvalue weighted by atomic mass is 16.7. The van der Waals surface area contributed by atoms with Crippen LogP contribution in [0.4, 0.5) is 0 Å². The van der Waals surface area contributed by atoms with Gasteiger partial charge in [0.1, 0.15) is 0 Å². The van der Waals surface area contributed by atoms with Crippen LogP contribution < -0.4 is 11.0 Å². The molecule has 4 nitrogen and oxygen atoms in total. The van der Waals surface area contributed by atoms with Crippen LogP contribution in [-0.2, 0) is 9.31 Å². The van der Waals surface area contributed by atoms with Crippen molar-refractivity contribution in [3.63, 3.8) is 0 Å². The zero-order valence-corrected chi connectivity index (χ0v) is 10.9. The Balaban J connectivity index is 1.87. The lowest BCUT2D eigenvalue weighted by atomic mass is 9.80. The van der Waals surface area contributed by atoms with Gasteiger partial charge < -0.3 is 13.9 Å². The first-order chi connectivity index (χ1) is 8.55. The summed E-state index contributed by atoms with van der Waals surface area (Å²) < 4.78 is 13.3. The highest BCUT2D eigenvalue weighted by Crippen LogP contribution is 2.29. The molecule has 0 amide bonds. The Morgan fingerprint density at radius 2 is 2.17 bits per heavy atom. The highest BCUT2D eigenvalue weighted by Gasteiger charge is 2.38. The van der Waals surface area contributed by atoms with Crippen molar-refractivity contribution in [1.82, 2.24) is 4.57 Å². The van der Waals surface area contributed by atoms with E-state index in [4.69, 9.17) is 9.31 Å². The Labute approximate surface area is 107 Å². The van der Waals surface area contributed by atoms with Crippen LogP contribution >= 0.6 is 0 Å². The smallest absolute Gasteiger partial charge is 0.404 e. The summed E-state index contributed by atoms with van der Waals surface area (Å²) in [6.07, 6.45) is 5.31. The van der Waals surface area contributed by atoms with Gasteiger partial charge in [-0.2, -0.15) is 0 Å². The van der Waals surface area contributed by atoms with Crippen molar-refractivity contribution < 1.29 is 9.31 Å². The average molecular weight is 247 g/mol. The first-order valence-corrected chi connectivity index (χ1v) is 6.57. The van der Waals surface area contributed by atoms with Crippen molar-refractivity contribution in [3.8, 4) is 0 Å². The molecular formula is C13H18BNO3. The van der Waals surface area contributed by atoms with Crippen LogP contribution in [0.5, 0.6) is 0 Å². The summed E-state index contributed by atoms with van der Waals surface area (Å²) in [5.74, 6) is 0. The number of hydrogen-bond acceptors (Lipinski definition) is 3. The standard InChI is InChI=1S/C13H18BNO3/c1-13(2)9-17-14(18-13)10-6-7-12(16)15(8-10)11-4-3-5-11/h6-8,11H,3-5,9H2,1-2H3. The summed E-state index contributed by atoms with van der Waals surface area (Å²) in [5.41, 5.74) is 0.759. The average Bonchev–Trinajstić information content (AvgIpc) is 2.59. The first kappa shape index (κ1) is 12.0. The molecule has 1 aliphatic heterocycles. The molecule has 96 valence electrons. The Morgan fingerprint density at radius 1 is 1.39 bits per heavy atom. The lowest BCUT2D eigenvalue weighted by molar-refractivity contribution is 0.137. The van der Waals surface area contributed by atoms with Crippen molar-refractivity contribution in [3.05, 3.63) is 28.7 Å². The van der Waals surface area contributed by atoms with Crippen LogP contribution in [-0.4, -0.2) is 23.9 Å². The van der Waals surface area contributed by atoms with E-state index in [-0.39, 0.29) is 18.3 Å². The molecule has 0 bridgehead atoms. The molecule has 2 aliphatic rings. The van der Waals surface area contributed by atoms with Gasteiger partial charge >= 0.3 is 7.12 Å². The molecule has 1 aliphatic carbocycles. The minimum atomic E-state index is -0.341. The van der Waals surface area contributed by atoms with Crippen LogP contribution in [0, 0.1) is 0 Å². The minimum Gasteiger partial charge on any atom is -0.404 e. The summed E-state index contributed by atoms with van der Waals surface area (Å²) in [7, 11) is -0.341. The summed E-state index contributed by atoms with van der Waals surface area (Å²) in [6, 6.07) is 3.79. The third-order valence-electron chi connectivity index (χ3n) is 3.71. The summed E-state index contributed by atoms with van der Waals surface area (Å²) in [6.45, 7) is 4.60. The molecular weight excluding hydrogens is 229 g/mol. The van der Waals surface area contributed by atoms with Crippen molar-refractivity contribution in [2.24, 2.45) is 0 Å². The number of aromatic nitrogens is 1. The zero-order chi connectivity index (χ0) is 12.8. The van der Waals surface area contributed by atoms with E-state index in [1.165, 1.54) is 6.42 Å². The second-order valence-electron chi connectivity index (χ2n) is 5.81. The number of hydrogen-bond donors (Lipinski definition) is 0. The molecule has 0 N–H and O–H groups in total. The van der Waals surface area contributed by atoms with Gasteiger partial charge in [-0.15, -0.1) is 0 Å². The first-order valence-electron chi connectivity index (χ1n) is 6.57. The van der Waals surface area contributed by atoms with E-state index in [2.05, 4.69) is 0 Å². The van der Waals surface area contributed by atoms with Gasteiger partial charge in [-0.05, 0) is 38.6 Å². The van der Waals surface area contributed by atoms with Crippen molar-refractivity contribution >= 4 is 12.6 Å². The third kappa shape index (κ3) is 2.13. The molecule has 1 saturated heterocycles. The molecule has 1 aromatic rings. The molecule has 2 heterocycles. The maximum atomic E-state index is 11.8. The quantitative estimate of drug-likeness (QED) is 0.734. The van der Waals surface area contributed by atoms with E-state index in [9.17, 15) is 4.79 Å². The fourth-order valence-corrected chi connectivity index (χ4v) is 2.41.